The molecule has 1 aromatic carbocycles. The number of rotatable bonds is 4. The summed E-state index contributed by atoms with van der Waals surface area (Å²) in [6, 6.07) is 11.7. The number of halogens is 1. The van der Waals surface area contributed by atoms with Crippen molar-refractivity contribution in [2.45, 2.75) is 20.1 Å². The highest BCUT2D eigenvalue weighted by Gasteiger charge is 2.09. The molecular weight excluding hydrogens is 274 g/mol. The largest absolute Gasteiger partial charge is 0.486 e. The Morgan fingerprint density at radius 2 is 2.05 bits per heavy atom. The van der Waals surface area contributed by atoms with Crippen LogP contribution < -0.4 is 4.74 Å². The third-order valence-electron chi connectivity index (χ3n) is 3.11. The first-order chi connectivity index (χ1) is 9.78. The minimum Gasteiger partial charge on any atom is -0.486 e. The fourth-order valence-electron chi connectivity index (χ4n) is 2.14. The van der Waals surface area contributed by atoms with Crippen molar-refractivity contribution in [3.05, 3.63) is 53.4 Å². The Morgan fingerprint density at radius 3 is 2.80 bits per heavy atom. The van der Waals surface area contributed by atoms with Gasteiger partial charge in [-0.3, -0.25) is 4.68 Å². The third-order valence-corrected chi connectivity index (χ3v) is 3.33. The molecule has 0 N–H and O–H groups in total. The van der Waals surface area contributed by atoms with E-state index in [9.17, 15) is 0 Å². The second kappa shape index (κ2) is 5.51. The number of para-hydroxylation sites is 1. The first-order valence-electron chi connectivity index (χ1n) is 6.46. The molecule has 0 saturated carbocycles. The zero-order valence-electron chi connectivity index (χ0n) is 11.1. The van der Waals surface area contributed by atoms with Gasteiger partial charge in [0.05, 0.1) is 11.7 Å². The molecule has 0 saturated heterocycles. The molecule has 2 aromatic heterocycles. The molecule has 0 unspecified atom stereocenters. The van der Waals surface area contributed by atoms with Gasteiger partial charge in [-0.1, -0.05) is 29.8 Å². The average Bonchev–Trinajstić information content (AvgIpc) is 2.85. The molecule has 0 aliphatic carbocycles. The zero-order chi connectivity index (χ0) is 13.9. The van der Waals surface area contributed by atoms with Crippen molar-refractivity contribution in [1.29, 1.82) is 0 Å². The topological polar surface area (TPSA) is 39.9 Å². The number of hydrogen-bond donors (Lipinski definition) is 0. The van der Waals surface area contributed by atoms with Crippen LogP contribution in [0.15, 0.2) is 42.6 Å². The maximum absolute atomic E-state index is 5.75. The highest BCUT2D eigenvalue weighted by molar-refractivity contribution is 6.29. The number of pyridine rings is 1. The van der Waals surface area contributed by atoms with Gasteiger partial charge in [0.2, 0.25) is 0 Å². The quantitative estimate of drug-likeness (QED) is 0.687. The van der Waals surface area contributed by atoms with Gasteiger partial charge in [-0.05, 0) is 25.1 Å². The Hall–Kier alpha value is -2.07. The predicted octanol–water partition coefficient (Wildman–Crippen LogP) is 3.68. The lowest BCUT2D eigenvalue weighted by Crippen LogP contribution is -2.00. The monoisotopic (exact) mass is 287 g/mol. The fraction of sp³-hybridized carbons (Fsp3) is 0.200. The Balaban J connectivity index is 1.85. The lowest BCUT2D eigenvalue weighted by molar-refractivity contribution is 0.300. The second-order valence-corrected chi connectivity index (χ2v) is 4.77. The summed E-state index contributed by atoms with van der Waals surface area (Å²) in [5.41, 5.74) is 2.06. The summed E-state index contributed by atoms with van der Waals surface area (Å²) >= 11 is 5.75. The number of aryl methyl sites for hydroxylation is 1. The number of fused-ring (bicyclic) bond motifs is 1. The number of ether oxygens (including phenoxy) is 1. The number of nitrogens with zero attached hydrogens (tertiary/aromatic N) is 3. The van der Waals surface area contributed by atoms with Crippen molar-refractivity contribution in [2.75, 3.05) is 0 Å². The molecule has 0 radical (unpaired) electrons. The maximum atomic E-state index is 5.75. The Labute approximate surface area is 122 Å². The smallest absolute Gasteiger partial charge is 0.138 e. The minimum atomic E-state index is 0.414. The Morgan fingerprint density at radius 1 is 1.20 bits per heavy atom. The Bertz CT molecular complexity index is 722. The van der Waals surface area contributed by atoms with Crippen LogP contribution in [-0.4, -0.2) is 14.8 Å². The number of benzene rings is 1. The summed E-state index contributed by atoms with van der Waals surface area (Å²) in [7, 11) is 0. The molecule has 3 rings (SSSR count). The summed E-state index contributed by atoms with van der Waals surface area (Å²) in [4.78, 5) is 3.99. The molecule has 20 heavy (non-hydrogen) atoms. The highest BCUT2D eigenvalue weighted by atomic mass is 35.5. The van der Waals surface area contributed by atoms with E-state index in [1.54, 1.807) is 18.3 Å². The van der Waals surface area contributed by atoms with Gasteiger partial charge in [0.25, 0.3) is 0 Å². The normalized spacial score (nSPS) is 10.9. The van der Waals surface area contributed by atoms with Crippen molar-refractivity contribution in [3.8, 4) is 5.75 Å². The van der Waals surface area contributed by atoms with Crippen LogP contribution in [0, 0.1) is 0 Å². The fourth-order valence-corrected chi connectivity index (χ4v) is 2.25. The van der Waals surface area contributed by atoms with Gasteiger partial charge in [0.1, 0.15) is 23.2 Å². The number of hydrogen-bond acceptors (Lipinski definition) is 3. The van der Waals surface area contributed by atoms with Crippen LogP contribution >= 0.6 is 11.6 Å². The molecule has 0 aliphatic heterocycles. The van der Waals surface area contributed by atoms with Gasteiger partial charge in [-0.2, -0.15) is 5.10 Å². The minimum absolute atomic E-state index is 0.414. The molecule has 2 heterocycles. The van der Waals surface area contributed by atoms with E-state index < -0.39 is 0 Å². The van der Waals surface area contributed by atoms with E-state index in [4.69, 9.17) is 16.3 Å². The van der Waals surface area contributed by atoms with Gasteiger partial charge < -0.3 is 4.74 Å². The maximum Gasteiger partial charge on any atom is 0.138 e. The molecule has 0 fully saturated rings. The molecule has 0 spiro atoms. The van der Waals surface area contributed by atoms with Crippen LogP contribution in [-0.2, 0) is 13.2 Å². The van der Waals surface area contributed by atoms with E-state index in [0.29, 0.717) is 17.5 Å². The average molecular weight is 288 g/mol. The van der Waals surface area contributed by atoms with Gasteiger partial charge in [0, 0.05) is 11.9 Å². The van der Waals surface area contributed by atoms with E-state index in [-0.39, 0.29) is 0 Å². The molecule has 102 valence electrons. The van der Waals surface area contributed by atoms with E-state index in [1.165, 1.54) is 0 Å². The molecule has 5 heteroatoms. The molecule has 4 nitrogen and oxygen atoms in total. The number of aromatic nitrogens is 3. The summed E-state index contributed by atoms with van der Waals surface area (Å²) in [5, 5.41) is 6.16. The second-order valence-electron chi connectivity index (χ2n) is 4.38. The van der Waals surface area contributed by atoms with Crippen LogP contribution in [0.5, 0.6) is 5.75 Å². The van der Waals surface area contributed by atoms with Crippen LogP contribution in [0.2, 0.25) is 5.15 Å². The van der Waals surface area contributed by atoms with Crippen LogP contribution in [0.4, 0.5) is 0 Å². The van der Waals surface area contributed by atoms with Crippen LogP contribution in [0.1, 0.15) is 12.6 Å². The van der Waals surface area contributed by atoms with Crippen LogP contribution in [0.3, 0.4) is 0 Å². The SMILES string of the molecule is CCn1nc(COc2ccc(Cl)nc2)c2ccccc21. The molecule has 3 aromatic rings. The van der Waals surface area contributed by atoms with E-state index in [1.807, 2.05) is 16.8 Å². The van der Waals surface area contributed by atoms with Gasteiger partial charge in [-0.15, -0.1) is 0 Å². The van der Waals surface area contributed by atoms with E-state index in [2.05, 4.69) is 29.1 Å². The summed E-state index contributed by atoms with van der Waals surface area (Å²) in [6.45, 7) is 3.33. The third kappa shape index (κ3) is 2.47. The van der Waals surface area contributed by atoms with Crippen molar-refractivity contribution < 1.29 is 4.74 Å². The summed E-state index contributed by atoms with van der Waals surface area (Å²) < 4.78 is 7.70. The van der Waals surface area contributed by atoms with Crippen molar-refractivity contribution in [1.82, 2.24) is 14.8 Å². The summed E-state index contributed by atoms with van der Waals surface area (Å²) in [5.74, 6) is 0.685. The molecule has 0 bridgehead atoms. The molecular formula is C15H14ClN3O. The van der Waals surface area contributed by atoms with Crippen LogP contribution in [0.25, 0.3) is 10.9 Å². The van der Waals surface area contributed by atoms with Gasteiger partial charge >= 0.3 is 0 Å². The molecule has 0 aliphatic rings. The predicted molar refractivity (Wildman–Crippen MR) is 79.0 cm³/mol. The van der Waals surface area contributed by atoms with Gasteiger partial charge in [0.15, 0.2) is 0 Å². The lowest BCUT2D eigenvalue weighted by atomic mass is 10.2. The van der Waals surface area contributed by atoms with E-state index in [0.717, 1.165) is 23.1 Å². The van der Waals surface area contributed by atoms with E-state index >= 15 is 0 Å². The van der Waals surface area contributed by atoms with Crippen molar-refractivity contribution in [3.63, 3.8) is 0 Å². The van der Waals surface area contributed by atoms with Crippen molar-refractivity contribution >= 4 is 22.5 Å². The van der Waals surface area contributed by atoms with Gasteiger partial charge in [-0.25, -0.2) is 4.98 Å². The first kappa shape index (κ1) is 12.9. The zero-order valence-corrected chi connectivity index (χ0v) is 11.8. The standard InChI is InChI=1S/C15H14ClN3O/c1-2-19-14-6-4-3-5-12(14)13(18-19)10-20-11-7-8-15(16)17-9-11/h3-9H,2,10H2,1H3. The molecule has 0 atom stereocenters. The Kier molecular flexibility index (Phi) is 3.56. The molecule has 0 amide bonds. The summed E-state index contributed by atoms with van der Waals surface area (Å²) in [6.07, 6.45) is 1.61. The van der Waals surface area contributed by atoms with Crippen molar-refractivity contribution in [2.24, 2.45) is 0 Å². The first-order valence-corrected chi connectivity index (χ1v) is 6.84. The lowest BCUT2D eigenvalue weighted by Gasteiger charge is -2.03. The highest BCUT2D eigenvalue weighted by Crippen LogP contribution is 2.20.